The van der Waals surface area contributed by atoms with E-state index in [0.29, 0.717) is 5.82 Å². The second-order valence-corrected chi connectivity index (χ2v) is 4.67. The highest BCUT2D eigenvalue weighted by Gasteiger charge is 2.32. The molecule has 8 heteroatoms. The number of primary sulfonamides is 1. The lowest BCUT2D eigenvalue weighted by Gasteiger charge is -2.23. The molecule has 0 saturated heterocycles. The molecule has 1 unspecified atom stereocenters. The lowest BCUT2D eigenvalue weighted by molar-refractivity contribution is 0.352. The maximum atomic E-state index is 11.2. The van der Waals surface area contributed by atoms with Crippen molar-refractivity contribution in [2.24, 2.45) is 20.4 Å². The molecule has 0 aromatic heterocycles. The Morgan fingerprint density at radius 2 is 2.36 bits per heavy atom. The molecule has 2 rings (SSSR count). The van der Waals surface area contributed by atoms with Crippen molar-refractivity contribution in [3.8, 4) is 0 Å². The third-order valence-electron chi connectivity index (χ3n) is 2.01. The van der Waals surface area contributed by atoms with Crippen LogP contribution >= 0.6 is 0 Å². The van der Waals surface area contributed by atoms with E-state index in [1.165, 1.54) is 17.3 Å². The topological polar surface area (TPSA) is 100 Å². The van der Waals surface area contributed by atoms with Gasteiger partial charge in [-0.3, -0.25) is 4.99 Å². The van der Waals surface area contributed by atoms with E-state index >= 15 is 0 Å². The molecular weight excluding hydrogens is 206 g/mol. The number of sulfonamides is 1. The van der Waals surface area contributed by atoms with Crippen LogP contribution < -0.4 is 5.14 Å². The molecule has 0 aromatic carbocycles. The van der Waals surface area contributed by atoms with Crippen LogP contribution in [0.3, 0.4) is 0 Å². The number of hydrogen-bond donors (Lipinski definition) is 1. The zero-order valence-electron chi connectivity index (χ0n) is 7.24. The summed E-state index contributed by atoms with van der Waals surface area (Å²) in [5, 5.41) is 11.8. The molecular formula is C6H9N5O2S. The van der Waals surface area contributed by atoms with Gasteiger partial charge in [-0.05, 0) is 0 Å². The van der Waals surface area contributed by atoms with Crippen molar-refractivity contribution in [1.82, 2.24) is 4.90 Å². The highest BCUT2D eigenvalue weighted by atomic mass is 32.2. The van der Waals surface area contributed by atoms with Gasteiger partial charge in [0.25, 0.3) is 0 Å². The Labute approximate surface area is 81.1 Å². The van der Waals surface area contributed by atoms with E-state index in [9.17, 15) is 8.42 Å². The first kappa shape index (κ1) is 9.28. The number of nitrogens with two attached hydrogens (primary N) is 1. The molecule has 2 aliphatic rings. The highest BCUT2D eigenvalue weighted by Crippen LogP contribution is 2.23. The smallest absolute Gasteiger partial charge is 0.230 e. The number of nitrogens with zero attached hydrogens (tertiary/aromatic N) is 4. The summed E-state index contributed by atoms with van der Waals surface area (Å²) < 4.78 is 22.5. The van der Waals surface area contributed by atoms with Crippen LogP contribution in [-0.4, -0.2) is 31.6 Å². The van der Waals surface area contributed by atoms with Crippen molar-refractivity contribution in [3.05, 3.63) is 12.0 Å². The van der Waals surface area contributed by atoms with Crippen LogP contribution in [0.4, 0.5) is 0 Å². The molecule has 0 radical (unpaired) electrons. The van der Waals surface area contributed by atoms with Gasteiger partial charge in [-0.15, -0.1) is 5.11 Å². The van der Waals surface area contributed by atoms with Gasteiger partial charge in [-0.25, -0.2) is 13.6 Å². The molecule has 2 N–H and O–H groups in total. The largest absolute Gasteiger partial charge is 0.314 e. The van der Waals surface area contributed by atoms with E-state index in [1.54, 1.807) is 0 Å². The summed E-state index contributed by atoms with van der Waals surface area (Å²) >= 11 is 0. The van der Waals surface area contributed by atoms with E-state index in [2.05, 4.69) is 15.2 Å². The normalized spacial score (nSPS) is 25.9. The monoisotopic (exact) mass is 215 g/mol. The average Bonchev–Trinajstić information content (AvgIpc) is 2.42. The van der Waals surface area contributed by atoms with E-state index < -0.39 is 15.4 Å². The van der Waals surface area contributed by atoms with Gasteiger partial charge >= 0.3 is 0 Å². The molecule has 0 bridgehead atoms. The van der Waals surface area contributed by atoms with Gasteiger partial charge in [-0.2, -0.15) is 5.11 Å². The molecule has 14 heavy (non-hydrogen) atoms. The van der Waals surface area contributed by atoms with Gasteiger partial charge in [0.05, 0.1) is 6.20 Å². The maximum Gasteiger partial charge on any atom is 0.230 e. The molecule has 0 saturated carbocycles. The molecule has 0 spiro atoms. The molecule has 0 aliphatic carbocycles. The van der Waals surface area contributed by atoms with E-state index in [4.69, 9.17) is 5.14 Å². The average molecular weight is 215 g/mol. The van der Waals surface area contributed by atoms with Crippen LogP contribution in [0.1, 0.15) is 6.42 Å². The number of aliphatic imine (C=N–C) groups is 1. The van der Waals surface area contributed by atoms with Crippen molar-refractivity contribution < 1.29 is 8.42 Å². The van der Waals surface area contributed by atoms with Crippen LogP contribution in [0, 0.1) is 0 Å². The van der Waals surface area contributed by atoms with Gasteiger partial charge in [-0.1, -0.05) is 0 Å². The van der Waals surface area contributed by atoms with E-state index in [0.717, 1.165) is 0 Å². The minimum atomic E-state index is -3.63. The van der Waals surface area contributed by atoms with Gasteiger partial charge in [0.1, 0.15) is 6.67 Å². The summed E-state index contributed by atoms with van der Waals surface area (Å²) in [6.07, 6.45) is 3.24. The number of fused-ring (bicyclic) bond motifs is 1. The van der Waals surface area contributed by atoms with Gasteiger partial charge in [0.2, 0.25) is 10.0 Å². The van der Waals surface area contributed by atoms with Crippen LogP contribution in [0.15, 0.2) is 27.2 Å². The predicted molar refractivity (Wildman–Crippen MR) is 49.6 cm³/mol. The van der Waals surface area contributed by atoms with Crippen molar-refractivity contribution in [2.75, 3.05) is 6.67 Å². The van der Waals surface area contributed by atoms with Gasteiger partial charge in [0, 0.05) is 12.6 Å². The Balaban J connectivity index is 2.37. The molecule has 0 fully saturated rings. The molecule has 7 nitrogen and oxygen atoms in total. The van der Waals surface area contributed by atoms with Gasteiger partial charge in [0.15, 0.2) is 11.2 Å². The van der Waals surface area contributed by atoms with Crippen LogP contribution in [0.25, 0.3) is 0 Å². The Morgan fingerprint density at radius 1 is 1.57 bits per heavy atom. The fourth-order valence-electron chi connectivity index (χ4n) is 1.35. The van der Waals surface area contributed by atoms with Crippen LogP contribution in [0.2, 0.25) is 0 Å². The molecule has 0 amide bonds. The Morgan fingerprint density at radius 3 is 3.07 bits per heavy atom. The Bertz CT molecular complexity index is 424. The summed E-state index contributed by atoms with van der Waals surface area (Å²) in [5.41, 5.74) is 0. The summed E-state index contributed by atoms with van der Waals surface area (Å²) in [6.45, 7) is 0.219. The van der Waals surface area contributed by atoms with Crippen molar-refractivity contribution in [3.63, 3.8) is 0 Å². The summed E-state index contributed by atoms with van der Waals surface area (Å²) in [5.74, 6) is 0.442. The molecule has 2 aliphatic heterocycles. The predicted octanol–water partition coefficient (Wildman–Crippen LogP) is -0.400. The van der Waals surface area contributed by atoms with Crippen molar-refractivity contribution in [2.45, 2.75) is 11.8 Å². The van der Waals surface area contributed by atoms with E-state index in [1.807, 2.05) is 0 Å². The third-order valence-corrected chi connectivity index (χ3v) is 3.22. The number of azo groups is 1. The maximum absolute atomic E-state index is 11.2. The lowest BCUT2D eigenvalue weighted by Crippen LogP contribution is -2.42. The molecule has 0 aromatic rings. The van der Waals surface area contributed by atoms with Crippen LogP contribution in [0.5, 0.6) is 0 Å². The second kappa shape index (κ2) is 3.14. The Hall–Kier alpha value is -1.28. The molecule has 1 atom stereocenters. The highest BCUT2D eigenvalue weighted by molar-refractivity contribution is 7.89. The number of hydrogen-bond acceptors (Lipinski definition) is 6. The minimum absolute atomic E-state index is 0.219. The van der Waals surface area contributed by atoms with Gasteiger partial charge < -0.3 is 4.90 Å². The number of rotatable bonds is 1. The summed E-state index contributed by atoms with van der Waals surface area (Å²) in [6, 6.07) is 0. The standard InChI is InChI=1S/C6H9N5O2S/c7-14(12,13)6-1-2-8-3-5-10-9-4-11(5)6/h2-3,6H,1,4H2,(H2,7,12,13). The quantitative estimate of drug-likeness (QED) is 0.643. The fourth-order valence-corrected chi connectivity index (χ4v) is 2.23. The Kier molecular flexibility index (Phi) is 2.08. The summed E-state index contributed by atoms with van der Waals surface area (Å²) in [7, 11) is -3.63. The zero-order chi connectivity index (χ0) is 10.2. The second-order valence-electron chi connectivity index (χ2n) is 2.95. The molecule has 76 valence electrons. The first-order valence-corrected chi connectivity index (χ1v) is 5.57. The lowest BCUT2D eigenvalue weighted by atomic mass is 10.4. The summed E-state index contributed by atoms with van der Waals surface area (Å²) in [4.78, 5) is 5.39. The SMILES string of the molecule is NS(=O)(=O)C1CC=NC=C2N=NCN21. The van der Waals surface area contributed by atoms with Crippen molar-refractivity contribution >= 4 is 16.2 Å². The minimum Gasteiger partial charge on any atom is -0.314 e. The first-order valence-electron chi connectivity index (χ1n) is 3.96. The van der Waals surface area contributed by atoms with Crippen LogP contribution in [-0.2, 0) is 10.0 Å². The third kappa shape index (κ3) is 1.53. The van der Waals surface area contributed by atoms with E-state index in [-0.39, 0.29) is 13.1 Å². The fraction of sp³-hybridized carbons (Fsp3) is 0.500. The molecule has 2 heterocycles. The first-order chi connectivity index (χ1) is 6.59. The van der Waals surface area contributed by atoms with Crippen molar-refractivity contribution in [1.29, 1.82) is 0 Å². The zero-order valence-corrected chi connectivity index (χ0v) is 8.05.